The number of hydrogen-bond acceptors (Lipinski definition) is 6. The number of pyridine rings is 1. The molecule has 1 aliphatic rings. The summed E-state index contributed by atoms with van der Waals surface area (Å²) in [7, 11) is 0. The Kier molecular flexibility index (Phi) is 4.21. The van der Waals surface area contributed by atoms with E-state index in [9.17, 15) is 29.4 Å². The van der Waals surface area contributed by atoms with Crippen molar-refractivity contribution in [2.75, 3.05) is 5.73 Å². The molecule has 2 aromatic rings. The first-order valence-corrected chi connectivity index (χ1v) is 7.64. The van der Waals surface area contributed by atoms with Crippen LogP contribution in [-0.4, -0.2) is 33.1 Å². The minimum absolute atomic E-state index is 0.0978. The molecule has 134 valence electrons. The third-order valence-corrected chi connectivity index (χ3v) is 3.94. The molecule has 1 aliphatic carbocycles. The number of aromatic amines is 1. The van der Waals surface area contributed by atoms with Gasteiger partial charge in [-0.1, -0.05) is 12.1 Å². The lowest BCUT2D eigenvalue weighted by Gasteiger charge is -2.12. The summed E-state index contributed by atoms with van der Waals surface area (Å²) >= 11 is 0. The number of nitrogens with one attached hydrogen (secondary N) is 1. The monoisotopic (exact) mass is 358 g/mol. The van der Waals surface area contributed by atoms with Gasteiger partial charge in [0.15, 0.2) is 0 Å². The first kappa shape index (κ1) is 17.2. The Hall–Kier alpha value is -3.62. The standard InChI is InChI=1S/C17H14N2O7/c18-13-11(15(21)22)10(12(16(23)24)14(20)19-13)7-3-5-9(6-4-7)26-17(25)8-1-2-8/h3-6,8H,1-2H2,(H,21,22)(H,23,24)(H3,18,19,20). The number of H-pyrrole nitrogens is 1. The predicted octanol–water partition coefficient (Wildman–Crippen LogP) is 1.34. The second kappa shape index (κ2) is 6.36. The Morgan fingerprint density at radius 2 is 1.62 bits per heavy atom. The number of ether oxygens (including phenoxy) is 1. The number of aromatic nitrogens is 1. The van der Waals surface area contributed by atoms with Gasteiger partial charge in [-0.2, -0.15) is 0 Å². The highest BCUT2D eigenvalue weighted by Gasteiger charge is 2.31. The van der Waals surface area contributed by atoms with E-state index in [-0.39, 0.29) is 28.8 Å². The molecular weight excluding hydrogens is 344 g/mol. The minimum Gasteiger partial charge on any atom is -0.478 e. The number of benzene rings is 1. The van der Waals surface area contributed by atoms with Crippen LogP contribution >= 0.6 is 0 Å². The molecule has 1 heterocycles. The second-order valence-electron chi connectivity index (χ2n) is 5.82. The van der Waals surface area contributed by atoms with Gasteiger partial charge in [0.05, 0.1) is 5.92 Å². The average Bonchev–Trinajstić information content (AvgIpc) is 3.38. The van der Waals surface area contributed by atoms with Crippen LogP contribution in [0.1, 0.15) is 33.6 Å². The first-order chi connectivity index (χ1) is 12.3. The van der Waals surface area contributed by atoms with Crippen molar-refractivity contribution in [2.45, 2.75) is 12.8 Å². The Bertz CT molecular complexity index is 972. The van der Waals surface area contributed by atoms with Crippen molar-refractivity contribution in [1.29, 1.82) is 0 Å². The van der Waals surface area contributed by atoms with Crippen molar-refractivity contribution in [2.24, 2.45) is 5.92 Å². The number of nitrogens with two attached hydrogens (primary N) is 1. The van der Waals surface area contributed by atoms with E-state index in [1.165, 1.54) is 24.3 Å². The lowest BCUT2D eigenvalue weighted by Crippen LogP contribution is -2.24. The maximum atomic E-state index is 12.0. The summed E-state index contributed by atoms with van der Waals surface area (Å²) in [6.07, 6.45) is 1.57. The predicted molar refractivity (Wildman–Crippen MR) is 89.2 cm³/mol. The van der Waals surface area contributed by atoms with Crippen LogP contribution in [0.3, 0.4) is 0 Å². The molecule has 0 radical (unpaired) electrons. The number of carboxylic acids is 2. The van der Waals surface area contributed by atoms with E-state index in [4.69, 9.17) is 10.5 Å². The zero-order valence-corrected chi connectivity index (χ0v) is 13.3. The maximum absolute atomic E-state index is 12.0. The van der Waals surface area contributed by atoms with Gasteiger partial charge >= 0.3 is 17.9 Å². The Morgan fingerprint density at radius 3 is 2.12 bits per heavy atom. The summed E-state index contributed by atoms with van der Waals surface area (Å²) in [4.78, 5) is 48.7. The molecule has 0 amide bonds. The quantitative estimate of drug-likeness (QED) is 0.460. The maximum Gasteiger partial charge on any atom is 0.342 e. The van der Waals surface area contributed by atoms with Crippen LogP contribution in [0, 0.1) is 5.92 Å². The Balaban J connectivity index is 2.10. The van der Waals surface area contributed by atoms with Crippen molar-refractivity contribution in [3.8, 4) is 16.9 Å². The molecule has 0 spiro atoms. The molecule has 0 aliphatic heterocycles. The number of nitrogen functional groups attached to an aromatic ring is 1. The van der Waals surface area contributed by atoms with Crippen molar-refractivity contribution >= 4 is 23.7 Å². The number of anilines is 1. The normalized spacial score (nSPS) is 13.2. The van der Waals surface area contributed by atoms with Gasteiger partial charge in [0.1, 0.15) is 22.7 Å². The van der Waals surface area contributed by atoms with Crippen LogP contribution in [-0.2, 0) is 4.79 Å². The van der Waals surface area contributed by atoms with Gasteiger partial charge in [-0.05, 0) is 30.5 Å². The lowest BCUT2D eigenvalue weighted by atomic mass is 9.95. The van der Waals surface area contributed by atoms with Gasteiger partial charge in [0.2, 0.25) is 0 Å². The number of carbonyl (C=O) groups excluding carboxylic acids is 1. The third-order valence-electron chi connectivity index (χ3n) is 3.94. The summed E-state index contributed by atoms with van der Waals surface area (Å²) in [6, 6.07) is 5.51. The van der Waals surface area contributed by atoms with Crippen LogP contribution in [0.4, 0.5) is 5.82 Å². The van der Waals surface area contributed by atoms with E-state index in [0.717, 1.165) is 12.8 Å². The SMILES string of the molecule is Nc1[nH]c(=O)c(C(=O)O)c(-c2ccc(OC(=O)C3CC3)cc2)c1C(=O)O. The average molecular weight is 358 g/mol. The van der Waals surface area contributed by atoms with E-state index < -0.39 is 34.4 Å². The van der Waals surface area contributed by atoms with E-state index in [1.54, 1.807) is 0 Å². The molecule has 5 N–H and O–H groups in total. The van der Waals surface area contributed by atoms with E-state index in [0.29, 0.717) is 0 Å². The fraction of sp³-hybridized carbons (Fsp3) is 0.176. The highest BCUT2D eigenvalue weighted by molar-refractivity contribution is 6.07. The van der Waals surface area contributed by atoms with Gasteiger partial charge in [0, 0.05) is 5.56 Å². The van der Waals surface area contributed by atoms with Crippen LogP contribution in [0.2, 0.25) is 0 Å². The zero-order valence-electron chi connectivity index (χ0n) is 13.3. The molecule has 1 aromatic carbocycles. The molecule has 0 atom stereocenters. The van der Waals surface area contributed by atoms with Gasteiger partial charge in [-0.3, -0.25) is 9.59 Å². The van der Waals surface area contributed by atoms with Crippen LogP contribution < -0.4 is 16.0 Å². The van der Waals surface area contributed by atoms with E-state index in [2.05, 4.69) is 0 Å². The topological polar surface area (TPSA) is 160 Å². The summed E-state index contributed by atoms with van der Waals surface area (Å²) in [5.74, 6) is -3.74. The summed E-state index contributed by atoms with van der Waals surface area (Å²) in [5, 5.41) is 18.7. The third kappa shape index (κ3) is 3.14. The van der Waals surface area contributed by atoms with Gasteiger partial charge < -0.3 is 25.7 Å². The summed E-state index contributed by atoms with van der Waals surface area (Å²) in [5.41, 5.74) is 3.12. The smallest absolute Gasteiger partial charge is 0.342 e. The lowest BCUT2D eigenvalue weighted by molar-refractivity contribution is -0.135. The van der Waals surface area contributed by atoms with Crippen LogP contribution in [0.15, 0.2) is 29.1 Å². The van der Waals surface area contributed by atoms with Crippen molar-refractivity contribution in [1.82, 2.24) is 4.98 Å². The van der Waals surface area contributed by atoms with E-state index >= 15 is 0 Å². The number of rotatable bonds is 5. The highest BCUT2D eigenvalue weighted by atomic mass is 16.5. The fourth-order valence-electron chi connectivity index (χ4n) is 2.54. The minimum atomic E-state index is -1.59. The van der Waals surface area contributed by atoms with Crippen molar-refractivity contribution in [3.63, 3.8) is 0 Å². The molecular formula is C17H14N2O7. The number of aromatic carboxylic acids is 2. The zero-order chi connectivity index (χ0) is 19.0. The van der Waals surface area contributed by atoms with E-state index in [1.807, 2.05) is 4.98 Å². The summed E-state index contributed by atoms with van der Waals surface area (Å²) in [6.45, 7) is 0. The Morgan fingerprint density at radius 1 is 1.04 bits per heavy atom. The fourth-order valence-corrected chi connectivity index (χ4v) is 2.54. The molecule has 1 fully saturated rings. The van der Waals surface area contributed by atoms with Gasteiger partial charge in [0.25, 0.3) is 5.56 Å². The van der Waals surface area contributed by atoms with Crippen LogP contribution in [0.5, 0.6) is 5.75 Å². The van der Waals surface area contributed by atoms with Crippen molar-refractivity contribution in [3.05, 3.63) is 45.7 Å². The largest absolute Gasteiger partial charge is 0.478 e. The molecule has 0 bridgehead atoms. The van der Waals surface area contributed by atoms with Crippen molar-refractivity contribution < 1.29 is 29.3 Å². The molecule has 1 aromatic heterocycles. The van der Waals surface area contributed by atoms with Crippen LogP contribution in [0.25, 0.3) is 11.1 Å². The molecule has 0 saturated heterocycles. The van der Waals surface area contributed by atoms with Gasteiger partial charge in [-0.15, -0.1) is 0 Å². The number of hydrogen-bond donors (Lipinski definition) is 4. The number of carboxylic acid groups (broad SMARTS) is 2. The molecule has 0 unspecified atom stereocenters. The molecule has 9 nitrogen and oxygen atoms in total. The molecule has 1 saturated carbocycles. The Labute approximate surface area is 146 Å². The molecule has 9 heteroatoms. The molecule has 3 rings (SSSR count). The number of carbonyl (C=O) groups is 3. The first-order valence-electron chi connectivity index (χ1n) is 7.64. The second-order valence-corrected chi connectivity index (χ2v) is 5.82. The van der Waals surface area contributed by atoms with Gasteiger partial charge in [-0.25, -0.2) is 9.59 Å². The molecule has 26 heavy (non-hydrogen) atoms. The summed E-state index contributed by atoms with van der Waals surface area (Å²) < 4.78 is 5.17. The number of esters is 1. The highest BCUT2D eigenvalue weighted by Crippen LogP contribution is 2.33.